The van der Waals surface area contributed by atoms with Crippen LogP contribution in [0.15, 0.2) is 35.4 Å². The van der Waals surface area contributed by atoms with E-state index in [1.54, 1.807) is 0 Å². The molecule has 0 aliphatic carbocycles. The Morgan fingerprint density at radius 1 is 1.31 bits per heavy atom. The minimum Gasteiger partial charge on any atom is -0.310 e. The number of aryl methyl sites for hydroxylation is 1. The number of hydrogen-bond donors (Lipinski definition) is 0. The first-order chi connectivity index (χ1) is 7.83. The fraction of sp³-hybridized carbons (Fsp3) is 0.182. The number of aromatic nitrogens is 4. The van der Waals surface area contributed by atoms with Crippen LogP contribution in [-0.2, 0) is 6.54 Å². The third-order valence-corrected chi connectivity index (χ3v) is 2.71. The van der Waals surface area contributed by atoms with E-state index < -0.39 is 0 Å². The van der Waals surface area contributed by atoms with Gasteiger partial charge in [-0.3, -0.25) is 4.79 Å². The van der Waals surface area contributed by atoms with Crippen molar-refractivity contribution in [1.82, 2.24) is 19.2 Å². The molecule has 3 rings (SSSR count). The molecule has 0 saturated heterocycles. The maximum atomic E-state index is 12.1. The lowest BCUT2D eigenvalue weighted by molar-refractivity contribution is 0.764. The average Bonchev–Trinajstić information content (AvgIpc) is 2.79. The highest BCUT2D eigenvalue weighted by Crippen LogP contribution is 2.11. The van der Waals surface area contributed by atoms with Gasteiger partial charge in [-0.15, -0.1) is 0 Å². The largest absolute Gasteiger partial charge is 0.310 e. The van der Waals surface area contributed by atoms with Gasteiger partial charge in [-0.25, -0.2) is 0 Å². The predicted octanol–water partition coefficient (Wildman–Crippen LogP) is 1.06. The van der Waals surface area contributed by atoms with Gasteiger partial charge in [0.15, 0.2) is 0 Å². The van der Waals surface area contributed by atoms with Crippen molar-refractivity contribution in [3.8, 4) is 0 Å². The van der Waals surface area contributed by atoms with E-state index in [-0.39, 0.29) is 5.56 Å². The van der Waals surface area contributed by atoms with Crippen LogP contribution in [0.3, 0.4) is 0 Å². The smallest absolute Gasteiger partial charge is 0.283 e. The third kappa shape index (κ3) is 1.02. The summed E-state index contributed by atoms with van der Waals surface area (Å²) in [6.07, 6.45) is 1.40. The zero-order chi connectivity index (χ0) is 11.1. The van der Waals surface area contributed by atoms with E-state index in [4.69, 9.17) is 0 Å². The van der Waals surface area contributed by atoms with Crippen molar-refractivity contribution in [1.29, 1.82) is 0 Å². The van der Waals surface area contributed by atoms with Gasteiger partial charge in [0.2, 0.25) is 5.78 Å². The monoisotopic (exact) mass is 214 g/mol. The Labute approximate surface area is 91.0 Å². The summed E-state index contributed by atoms with van der Waals surface area (Å²) in [5, 5.41) is 4.62. The Morgan fingerprint density at radius 3 is 2.94 bits per heavy atom. The number of benzene rings is 1. The summed E-state index contributed by atoms with van der Waals surface area (Å²) in [6.45, 7) is 2.77. The van der Waals surface area contributed by atoms with Crippen LogP contribution in [0.5, 0.6) is 0 Å². The van der Waals surface area contributed by atoms with E-state index in [0.717, 1.165) is 12.1 Å². The van der Waals surface area contributed by atoms with Gasteiger partial charge < -0.3 is 4.57 Å². The summed E-state index contributed by atoms with van der Waals surface area (Å²) in [5.74, 6) is 0.589. The molecule has 0 fully saturated rings. The van der Waals surface area contributed by atoms with Gasteiger partial charge in [-0.05, 0) is 19.1 Å². The van der Waals surface area contributed by atoms with E-state index in [0.29, 0.717) is 11.2 Å². The van der Waals surface area contributed by atoms with Crippen LogP contribution in [0.2, 0.25) is 0 Å². The second-order valence-electron chi connectivity index (χ2n) is 3.54. The highest BCUT2D eigenvalue weighted by Gasteiger charge is 2.09. The second-order valence-corrected chi connectivity index (χ2v) is 3.54. The van der Waals surface area contributed by atoms with Gasteiger partial charge in [0.1, 0.15) is 6.33 Å². The molecule has 0 amide bonds. The van der Waals surface area contributed by atoms with Crippen LogP contribution < -0.4 is 5.56 Å². The Hall–Kier alpha value is -2.17. The molecular weight excluding hydrogens is 204 g/mol. The second kappa shape index (κ2) is 3.16. The highest BCUT2D eigenvalue weighted by molar-refractivity contribution is 5.79. The van der Waals surface area contributed by atoms with Gasteiger partial charge in [0.25, 0.3) is 5.56 Å². The molecule has 0 unspecified atom stereocenters. The molecule has 0 aliphatic rings. The summed E-state index contributed by atoms with van der Waals surface area (Å²) in [5.41, 5.74) is 0.781. The first kappa shape index (κ1) is 9.08. The van der Waals surface area contributed by atoms with Crippen LogP contribution in [-0.4, -0.2) is 19.2 Å². The number of rotatable bonds is 1. The highest BCUT2D eigenvalue weighted by atomic mass is 16.1. The van der Waals surface area contributed by atoms with Crippen LogP contribution >= 0.6 is 0 Å². The van der Waals surface area contributed by atoms with E-state index in [1.807, 2.05) is 35.8 Å². The van der Waals surface area contributed by atoms with Gasteiger partial charge in [0, 0.05) is 6.54 Å². The van der Waals surface area contributed by atoms with Crippen molar-refractivity contribution in [3.05, 3.63) is 40.9 Å². The molecule has 0 N–H and O–H groups in total. The topological polar surface area (TPSA) is 52.2 Å². The first-order valence-corrected chi connectivity index (χ1v) is 5.14. The van der Waals surface area contributed by atoms with Crippen molar-refractivity contribution in [2.75, 3.05) is 0 Å². The van der Waals surface area contributed by atoms with E-state index in [1.165, 1.54) is 10.8 Å². The summed E-state index contributed by atoms with van der Waals surface area (Å²) in [7, 11) is 0. The van der Waals surface area contributed by atoms with Crippen molar-refractivity contribution in [3.63, 3.8) is 0 Å². The number of fused-ring (bicyclic) bond motifs is 2. The molecule has 2 heterocycles. The zero-order valence-corrected chi connectivity index (χ0v) is 8.79. The predicted molar refractivity (Wildman–Crippen MR) is 60.4 cm³/mol. The maximum Gasteiger partial charge on any atom is 0.283 e. The first-order valence-electron chi connectivity index (χ1n) is 5.14. The van der Waals surface area contributed by atoms with Crippen molar-refractivity contribution in [2.24, 2.45) is 0 Å². The molecule has 1 aromatic carbocycles. The lowest BCUT2D eigenvalue weighted by Gasteiger charge is -2.08. The van der Waals surface area contributed by atoms with Gasteiger partial charge in [-0.2, -0.15) is 14.6 Å². The van der Waals surface area contributed by atoms with E-state index in [9.17, 15) is 4.79 Å². The summed E-state index contributed by atoms with van der Waals surface area (Å²) >= 11 is 0. The van der Waals surface area contributed by atoms with E-state index in [2.05, 4.69) is 10.1 Å². The number of hydrogen-bond acceptors (Lipinski definition) is 3. The minimum atomic E-state index is -0.118. The van der Waals surface area contributed by atoms with Gasteiger partial charge in [0.05, 0.1) is 10.9 Å². The molecule has 3 aromatic rings. The summed E-state index contributed by atoms with van der Waals surface area (Å²) in [6, 6.07) is 7.51. The van der Waals surface area contributed by atoms with Crippen molar-refractivity contribution >= 4 is 16.7 Å². The molecule has 16 heavy (non-hydrogen) atoms. The average molecular weight is 214 g/mol. The Balaban J connectivity index is 2.69. The molecule has 2 aromatic heterocycles. The Bertz CT molecular complexity index is 726. The molecule has 0 bridgehead atoms. The quantitative estimate of drug-likeness (QED) is 0.608. The standard InChI is InChI=1S/C11H10N4O/c1-2-14-9-6-4-3-5-8(9)10(16)15-11(14)12-7-13-15/h3-7H,2H2,1H3. The van der Waals surface area contributed by atoms with Crippen molar-refractivity contribution < 1.29 is 0 Å². The molecule has 0 radical (unpaired) electrons. The molecular formula is C11H10N4O. The third-order valence-electron chi connectivity index (χ3n) is 2.71. The SMILES string of the molecule is CCn1c2ccccc2c(=O)n2ncnc12. The summed E-state index contributed by atoms with van der Waals surface area (Å²) in [4.78, 5) is 16.2. The number of nitrogens with zero attached hydrogens (tertiary/aromatic N) is 4. The molecule has 5 heteroatoms. The molecule has 0 spiro atoms. The van der Waals surface area contributed by atoms with Gasteiger partial charge in [-0.1, -0.05) is 12.1 Å². The van der Waals surface area contributed by atoms with E-state index >= 15 is 0 Å². The number of para-hydroxylation sites is 1. The normalized spacial score (nSPS) is 11.3. The van der Waals surface area contributed by atoms with Gasteiger partial charge >= 0.3 is 0 Å². The molecule has 0 saturated carbocycles. The molecule has 0 atom stereocenters. The lowest BCUT2D eigenvalue weighted by atomic mass is 10.2. The minimum absolute atomic E-state index is 0.118. The molecule has 5 nitrogen and oxygen atoms in total. The fourth-order valence-corrected chi connectivity index (χ4v) is 1.99. The zero-order valence-electron chi connectivity index (χ0n) is 8.79. The van der Waals surface area contributed by atoms with Crippen molar-refractivity contribution in [2.45, 2.75) is 13.5 Å². The van der Waals surface area contributed by atoms with Crippen LogP contribution in [0.1, 0.15) is 6.92 Å². The maximum absolute atomic E-state index is 12.1. The molecule has 80 valence electrons. The molecule has 0 aliphatic heterocycles. The van der Waals surface area contributed by atoms with Crippen LogP contribution in [0, 0.1) is 0 Å². The Morgan fingerprint density at radius 2 is 2.12 bits per heavy atom. The van der Waals surface area contributed by atoms with Crippen LogP contribution in [0.25, 0.3) is 16.7 Å². The lowest BCUT2D eigenvalue weighted by Crippen LogP contribution is -2.19. The van der Waals surface area contributed by atoms with Crippen LogP contribution in [0.4, 0.5) is 0 Å². The Kier molecular flexibility index (Phi) is 1.80. The summed E-state index contributed by atoms with van der Waals surface area (Å²) < 4.78 is 3.32. The fourth-order valence-electron chi connectivity index (χ4n) is 1.99.